The van der Waals surface area contributed by atoms with Crippen LogP contribution in [0.2, 0.25) is 0 Å². The molecular formula is C16H13BrN4. The van der Waals surface area contributed by atoms with Crippen molar-refractivity contribution in [2.45, 2.75) is 18.8 Å². The Kier molecular flexibility index (Phi) is 2.89. The van der Waals surface area contributed by atoms with Gasteiger partial charge in [-0.3, -0.25) is 0 Å². The first kappa shape index (κ1) is 12.7. The summed E-state index contributed by atoms with van der Waals surface area (Å²) in [5.41, 5.74) is 8.72. The Bertz CT molecular complexity index is 843. The lowest BCUT2D eigenvalue weighted by Crippen LogP contribution is -2.03. The number of aromatic nitrogens is 3. The quantitative estimate of drug-likeness (QED) is 0.767. The molecule has 104 valence electrons. The smallest absolute Gasteiger partial charge is 0.180 e. The van der Waals surface area contributed by atoms with Gasteiger partial charge in [0.1, 0.15) is 11.5 Å². The number of hydrogen-bond donors (Lipinski definition) is 1. The zero-order chi connectivity index (χ0) is 14.4. The van der Waals surface area contributed by atoms with Gasteiger partial charge in [0.15, 0.2) is 5.82 Å². The normalized spacial score (nSPS) is 14.5. The number of nitrogens with zero attached hydrogens (tertiary/aromatic N) is 3. The Balaban J connectivity index is 1.87. The minimum absolute atomic E-state index is 0.483. The third kappa shape index (κ3) is 2.27. The van der Waals surface area contributed by atoms with E-state index >= 15 is 0 Å². The lowest BCUT2D eigenvalue weighted by atomic mass is 10.2. The maximum absolute atomic E-state index is 6.01. The lowest BCUT2D eigenvalue weighted by Gasteiger charge is -2.08. The van der Waals surface area contributed by atoms with Gasteiger partial charge in [0, 0.05) is 11.3 Å². The van der Waals surface area contributed by atoms with Crippen LogP contribution in [0.15, 0.2) is 40.9 Å². The molecule has 0 atom stereocenters. The van der Waals surface area contributed by atoms with Crippen molar-refractivity contribution in [2.75, 3.05) is 5.73 Å². The van der Waals surface area contributed by atoms with Crippen molar-refractivity contribution in [3.63, 3.8) is 0 Å². The molecule has 1 aromatic carbocycles. The predicted octanol–water partition coefficient (Wildman–Crippen LogP) is 3.91. The Hall–Kier alpha value is -2.01. The number of anilines is 1. The average Bonchev–Trinajstić information content (AvgIpc) is 3.34. The van der Waals surface area contributed by atoms with E-state index in [0.29, 0.717) is 17.6 Å². The van der Waals surface area contributed by atoms with Crippen LogP contribution in [-0.4, -0.2) is 15.0 Å². The standard InChI is InChI=1S/C16H13BrN4/c17-13-14(10-5-6-10)20-16(21-15(13)18)12-8-7-9-3-1-2-4-11(9)19-12/h1-4,7-8,10H,5-6H2,(H2,18,20,21). The molecule has 21 heavy (non-hydrogen) atoms. The van der Waals surface area contributed by atoms with Gasteiger partial charge >= 0.3 is 0 Å². The monoisotopic (exact) mass is 340 g/mol. The summed E-state index contributed by atoms with van der Waals surface area (Å²) < 4.78 is 0.828. The minimum atomic E-state index is 0.483. The van der Waals surface area contributed by atoms with Gasteiger partial charge in [-0.2, -0.15) is 0 Å². The number of nitrogen functional groups attached to an aromatic ring is 1. The molecular weight excluding hydrogens is 328 g/mol. The first-order valence-corrected chi connectivity index (χ1v) is 7.71. The number of nitrogens with two attached hydrogens (primary N) is 1. The fraction of sp³-hybridized carbons (Fsp3) is 0.188. The fourth-order valence-corrected chi connectivity index (χ4v) is 2.92. The fourth-order valence-electron chi connectivity index (χ4n) is 2.41. The van der Waals surface area contributed by atoms with Gasteiger partial charge in [-0.1, -0.05) is 24.3 Å². The van der Waals surface area contributed by atoms with Crippen LogP contribution >= 0.6 is 15.9 Å². The molecule has 1 aliphatic carbocycles. The molecule has 3 aromatic rings. The second-order valence-corrected chi connectivity index (χ2v) is 6.09. The van der Waals surface area contributed by atoms with Crippen LogP contribution < -0.4 is 5.73 Å². The molecule has 2 heterocycles. The Morgan fingerprint density at radius 1 is 1.00 bits per heavy atom. The summed E-state index contributed by atoms with van der Waals surface area (Å²) in [5.74, 6) is 1.59. The van der Waals surface area contributed by atoms with Gasteiger partial charge in [0.05, 0.1) is 15.7 Å². The van der Waals surface area contributed by atoms with Gasteiger partial charge in [-0.15, -0.1) is 0 Å². The molecule has 4 nitrogen and oxygen atoms in total. The lowest BCUT2D eigenvalue weighted by molar-refractivity contribution is 0.980. The van der Waals surface area contributed by atoms with Gasteiger partial charge < -0.3 is 5.73 Å². The summed E-state index contributed by atoms with van der Waals surface area (Å²) in [5, 5.41) is 1.11. The highest BCUT2D eigenvalue weighted by Gasteiger charge is 2.29. The summed E-state index contributed by atoms with van der Waals surface area (Å²) in [6.45, 7) is 0. The van der Waals surface area contributed by atoms with Crippen molar-refractivity contribution >= 4 is 32.7 Å². The Morgan fingerprint density at radius 3 is 2.62 bits per heavy atom. The van der Waals surface area contributed by atoms with Crippen molar-refractivity contribution in [1.29, 1.82) is 0 Å². The predicted molar refractivity (Wildman–Crippen MR) is 86.9 cm³/mol. The first-order valence-electron chi connectivity index (χ1n) is 6.91. The van der Waals surface area contributed by atoms with Crippen molar-refractivity contribution < 1.29 is 0 Å². The summed E-state index contributed by atoms with van der Waals surface area (Å²) in [6.07, 6.45) is 2.33. The number of benzene rings is 1. The highest BCUT2D eigenvalue weighted by Crippen LogP contribution is 2.43. The molecule has 0 radical (unpaired) electrons. The molecule has 0 spiro atoms. The summed E-state index contributed by atoms with van der Waals surface area (Å²) in [6, 6.07) is 12.0. The molecule has 4 rings (SSSR count). The molecule has 0 aliphatic heterocycles. The minimum Gasteiger partial charge on any atom is -0.383 e. The number of para-hydroxylation sites is 1. The van der Waals surface area contributed by atoms with Crippen LogP contribution in [0.3, 0.4) is 0 Å². The maximum Gasteiger partial charge on any atom is 0.180 e. The molecule has 0 saturated heterocycles. The molecule has 2 N–H and O–H groups in total. The van der Waals surface area contributed by atoms with Crippen molar-refractivity contribution in [2.24, 2.45) is 0 Å². The third-order valence-electron chi connectivity index (χ3n) is 3.69. The molecule has 1 fully saturated rings. The molecule has 1 aliphatic rings. The molecule has 5 heteroatoms. The van der Waals surface area contributed by atoms with Crippen molar-refractivity contribution in [3.8, 4) is 11.5 Å². The maximum atomic E-state index is 6.01. The zero-order valence-electron chi connectivity index (χ0n) is 11.3. The van der Waals surface area contributed by atoms with Gasteiger partial charge in [0.25, 0.3) is 0 Å². The largest absolute Gasteiger partial charge is 0.383 e. The van der Waals surface area contributed by atoms with Crippen LogP contribution in [0, 0.1) is 0 Å². The second kappa shape index (κ2) is 4.77. The number of hydrogen-bond acceptors (Lipinski definition) is 4. The van der Waals surface area contributed by atoms with E-state index in [1.54, 1.807) is 0 Å². The van der Waals surface area contributed by atoms with Crippen LogP contribution in [0.5, 0.6) is 0 Å². The molecule has 0 amide bonds. The van der Waals surface area contributed by atoms with Crippen molar-refractivity contribution in [1.82, 2.24) is 15.0 Å². The van der Waals surface area contributed by atoms with Gasteiger partial charge in [-0.05, 0) is 40.9 Å². The third-order valence-corrected chi connectivity index (χ3v) is 4.51. The number of halogens is 1. The van der Waals surface area contributed by atoms with Crippen LogP contribution in [0.1, 0.15) is 24.5 Å². The molecule has 1 saturated carbocycles. The van der Waals surface area contributed by atoms with Crippen LogP contribution in [-0.2, 0) is 0 Å². The second-order valence-electron chi connectivity index (χ2n) is 5.30. The highest BCUT2D eigenvalue weighted by molar-refractivity contribution is 9.10. The number of rotatable bonds is 2. The first-order chi connectivity index (χ1) is 10.2. The van der Waals surface area contributed by atoms with E-state index in [1.807, 2.05) is 36.4 Å². The van der Waals surface area contributed by atoms with Gasteiger partial charge in [-0.25, -0.2) is 15.0 Å². The van der Waals surface area contributed by atoms with E-state index < -0.39 is 0 Å². The number of pyridine rings is 1. The SMILES string of the molecule is Nc1nc(-c2ccc3ccccc3n2)nc(C2CC2)c1Br. The summed E-state index contributed by atoms with van der Waals surface area (Å²) in [4.78, 5) is 13.7. The summed E-state index contributed by atoms with van der Waals surface area (Å²) in [7, 11) is 0. The molecule has 0 bridgehead atoms. The average molecular weight is 341 g/mol. The van der Waals surface area contributed by atoms with E-state index in [0.717, 1.165) is 26.8 Å². The van der Waals surface area contributed by atoms with Crippen LogP contribution in [0.25, 0.3) is 22.4 Å². The van der Waals surface area contributed by atoms with Crippen LogP contribution in [0.4, 0.5) is 5.82 Å². The van der Waals surface area contributed by atoms with E-state index in [4.69, 9.17) is 5.73 Å². The topological polar surface area (TPSA) is 64.7 Å². The summed E-state index contributed by atoms with van der Waals surface area (Å²) >= 11 is 3.50. The van der Waals surface area contributed by atoms with E-state index in [-0.39, 0.29) is 0 Å². The zero-order valence-corrected chi connectivity index (χ0v) is 12.8. The van der Waals surface area contributed by atoms with Gasteiger partial charge in [0.2, 0.25) is 0 Å². The molecule has 2 aromatic heterocycles. The molecule has 0 unspecified atom stereocenters. The van der Waals surface area contributed by atoms with Crippen molar-refractivity contribution in [3.05, 3.63) is 46.6 Å². The van der Waals surface area contributed by atoms with E-state index in [1.165, 1.54) is 12.8 Å². The van der Waals surface area contributed by atoms with E-state index in [2.05, 4.69) is 30.9 Å². The Labute approximate surface area is 130 Å². The highest BCUT2D eigenvalue weighted by atomic mass is 79.9. The van der Waals surface area contributed by atoms with E-state index in [9.17, 15) is 0 Å². The number of fused-ring (bicyclic) bond motifs is 1. The Morgan fingerprint density at radius 2 is 1.81 bits per heavy atom.